The van der Waals surface area contributed by atoms with Gasteiger partial charge in [-0.2, -0.15) is 0 Å². The Morgan fingerprint density at radius 2 is 1.50 bits per heavy atom. The maximum atomic E-state index is 5.14. The average molecular weight is 76.5 g/mol. The van der Waals surface area contributed by atoms with E-state index in [2.05, 4.69) is 0 Å². The molecule has 0 saturated carbocycles. The van der Waals surface area contributed by atoms with Crippen LogP contribution in [0.4, 0.5) is 0 Å². The van der Waals surface area contributed by atoms with Crippen molar-refractivity contribution in [3.63, 3.8) is 0 Å². The Morgan fingerprint density at radius 1 is 1.33 bits per heavy atom. The summed E-state index contributed by atoms with van der Waals surface area (Å²) in [5, 5.41) is 0. The highest BCUT2D eigenvalue weighted by Gasteiger charge is 1.94. The van der Waals surface area contributed by atoms with Crippen LogP contribution in [0.3, 0.4) is 0 Å². The lowest BCUT2D eigenvalue weighted by atomic mass is 9.27. The Balaban J connectivity index is 2.99. The molecule has 0 aromatic rings. The maximum absolute atomic E-state index is 5.14. The first-order valence-corrected chi connectivity index (χ1v) is 1.82. The summed E-state index contributed by atoms with van der Waals surface area (Å²) in [5.74, 6) is 0. The van der Waals surface area contributed by atoms with E-state index in [1.807, 2.05) is 14.1 Å². The lowest BCUT2D eigenvalue weighted by molar-refractivity contribution is 0.668. The van der Waals surface area contributed by atoms with Crippen molar-refractivity contribution < 1.29 is 0 Å². The molecule has 0 amide bonds. The molecule has 0 N–H and O–H groups in total. The largest absolute Gasteiger partial charge is 0.364 e. The number of rotatable bonds is 1. The Kier molecular flexibility index (Phi) is 2.41. The van der Waals surface area contributed by atoms with Crippen LogP contribution in [0.15, 0.2) is 0 Å². The van der Waals surface area contributed by atoms with Crippen LogP contribution >= 0.6 is 0 Å². The molecule has 0 aromatic heterocycles. The van der Waals surface area contributed by atoms with Gasteiger partial charge in [0.05, 0.1) is 0 Å². The summed E-state index contributed by atoms with van der Waals surface area (Å²) in [6.45, 7) is -0.315. The van der Waals surface area contributed by atoms with E-state index in [1.54, 1.807) is 4.81 Å². The van der Waals surface area contributed by atoms with Crippen LogP contribution in [0.5, 0.6) is 0 Å². The molecule has 0 fully saturated rings. The van der Waals surface area contributed by atoms with Gasteiger partial charge in [0, 0.05) is 15.5 Å². The van der Waals surface area contributed by atoms with E-state index in [-0.39, 0.29) is 6.63 Å². The first-order chi connectivity index (χ1) is 2.64. The zero-order valence-corrected chi connectivity index (χ0v) is 4.18. The van der Waals surface area contributed by atoms with E-state index in [9.17, 15) is 0 Å². The Morgan fingerprint density at radius 3 is 1.50 bits per heavy atom. The van der Waals surface area contributed by atoms with Crippen molar-refractivity contribution in [1.29, 1.82) is 0 Å². The Hall–Kier alpha value is 0.155. The Labute approximate surface area is 42.0 Å². The predicted octanol–water partition coefficient (Wildman–Crippen LogP) is -1.13. The highest BCUT2D eigenvalue weighted by molar-refractivity contribution is 7.27. The summed E-state index contributed by atoms with van der Waals surface area (Å²) >= 11 is 0. The van der Waals surface area contributed by atoms with Crippen molar-refractivity contribution in [3.8, 4) is 0 Å². The van der Waals surface area contributed by atoms with Crippen LogP contribution in [0.25, 0.3) is 0 Å². The molecule has 0 atom stereocenters. The topological polar surface area (TPSA) is 3.24 Å². The van der Waals surface area contributed by atoms with Crippen LogP contribution in [0, 0.1) is 0 Å². The van der Waals surface area contributed by atoms with Gasteiger partial charge in [-0.25, -0.2) is 0 Å². The molecule has 0 rings (SSSR count). The minimum absolute atomic E-state index is 0.315. The maximum Gasteiger partial charge on any atom is 0.120 e. The second-order valence-electron chi connectivity index (χ2n) is 1.45. The van der Waals surface area contributed by atoms with Gasteiger partial charge in [0.25, 0.3) is 0 Å². The van der Waals surface area contributed by atoms with Crippen molar-refractivity contribution in [3.05, 3.63) is 0 Å². The average Bonchev–Trinajstić information content (AvgIpc) is 1.36. The van der Waals surface area contributed by atoms with E-state index in [0.29, 0.717) is 0 Å². The minimum Gasteiger partial charge on any atom is -0.364 e. The van der Waals surface area contributed by atoms with Gasteiger partial charge in [-0.05, 0) is 14.1 Å². The summed E-state index contributed by atoms with van der Waals surface area (Å²) in [6.07, 6.45) is 0. The zero-order valence-electron chi connectivity index (χ0n) is 4.18. The molecule has 0 bridgehead atoms. The number of hydrogen-bond donors (Lipinski definition) is 0. The van der Waals surface area contributed by atoms with Crippen molar-refractivity contribution in [2.75, 3.05) is 14.1 Å². The molecule has 4 heteroatoms. The van der Waals surface area contributed by atoms with Gasteiger partial charge in [0.15, 0.2) is 0 Å². The van der Waals surface area contributed by atoms with E-state index in [1.165, 1.54) is 0 Å². The molecule has 28 valence electrons. The Bertz CT molecular complexity index is 29.8. The van der Waals surface area contributed by atoms with Gasteiger partial charge in [0.2, 0.25) is 0 Å². The summed E-state index contributed by atoms with van der Waals surface area (Å²) < 4.78 is 0. The van der Waals surface area contributed by atoms with Crippen LogP contribution in [-0.4, -0.2) is 41.0 Å². The molecule has 1 nitrogen and oxygen atoms in total. The third kappa shape index (κ3) is 2.40. The molecular weight excluding hydrogens is 70.5 g/mol. The molecular formula is C2H6B3N. The van der Waals surface area contributed by atoms with Gasteiger partial charge in [0.1, 0.15) is 6.63 Å². The molecule has 0 aliphatic carbocycles. The molecule has 6 heavy (non-hydrogen) atoms. The molecule has 0 aliphatic rings. The molecule has 0 aromatic carbocycles. The normalized spacial score (nSPS) is 9.17. The van der Waals surface area contributed by atoms with Crippen molar-refractivity contribution in [2.45, 2.75) is 0 Å². The molecule has 0 saturated heterocycles. The van der Waals surface area contributed by atoms with Crippen molar-refractivity contribution >= 4 is 22.1 Å². The number of nitrogens with zero attached hydrogens (tertiary/aromatic N) is 1. The quantitative estimate of drug-likeness (QED) is 0.357. The third-order valence-electron chi connectivity index (χ3n) is 0.596. The molecule has 0 unspecified atom stereocenters. The molecule has 0 heterocycles. The fourth-order valence-corrected chi connectivity index (χ4v) is 0. The summed E-state index contributed by atoms with van der Waals surface area (Å²) in [5.41, 5.74) is 0. The van der Waals surface area contributed by atoms with E-state index >= 15 is 0 Å². The zero-order chi connectivity index (χ0) is 5.15. The van der Waals surface area contributed by atoms with Crippen molar-refractivity contribution in [1.82, 2.24) is 4.81 Å². The summed E-state index contributed by atoms with van der Waals surface area (Å²) in [4.78, 5) is 1.72. The highest BCUT2D eigenvalue weighted by Crippen LogP contribution is 1.68. The fraction of sp³-hybridized carbons (Fsp3) is 1.00. The standard InChI is InChI=1S/C2H6B3N/c1-6(2)5(3)4/h1-2H3. The first-order valence-electron chi connectivity index (χ1n) is 1.82. The molecule has 4 radical (unpaired) electrons. The van der Waals surface area contributed by atoms with Crippen LogP contribution in [0.1, 0.15) is 0 Å². The van der Waals surface area contributed by atoms with Gasteiger partial charge < -0.3 is 4.81 Å². The van der Waals surface area contributed by atoms with Gasteiger partial charge in [-0.1, -0.05) is 0 Å². The monoisotopic (exact) mass is 77.1 g/mol. The minimum atomic E-state index is -0.315. The number of hydrogen-bond acceptors (Lipinski definition) is 1. The summed E-state index contributed by atoms with van der Waals surface area (Å²) in [6, 6.07) is 0. The van der Waals surface area contributed by atoms with Crippen LogP contribution in [-0.2, 0) is 0 Å². The third-order valence-corrected chi connectivity index (χ3v) is 0.596. The van der Waals surface area contributed by atoms with Gasteiger partial charge in [-0.3, -0.25) is 0 Å². The van der Waals surface area contributed by atoms with E-state index in [0.717, 1.165) is 0 Å². The first kappa shape index (κ1) is 6.15. The van der Waals surface area contributed by atoms with E-state index < -0.39 is 0 Å². The van der Waals surface area contributed by atoms with E-state index in [4.69, 9.17) is 15.5 Å². The molecule has 0 aliphatic heterocycles. The SMILES string of the molecule is [B]B([B])N(C)C. The highest BCUT2D eigenvalue weighted by atomic mass is 15.0. The predicted molar refractivity (Wildman–Crippen MR) is 30.9 cm³/mol. The van der Waals surface area contributed by atoms with Gasteiger partial charge in [-0.15, -0.1) is 0 Å². The van der Waals surface area contributed by atoms with Crippen LogP contribution < -0.4 is 0 Å². The smallest absolute Gasteiger partial charge is 0.120 e. The fourth-order valence-electron chi connectivity index (χ4n) is 0. The molecule has 0 spiro atoms. The lowest BCUT2D eigenvalue weighted by Crippen LogP contribution is -2.33. The second kappa shape index (κ2) is 2.35. The lowest BCUT2D eigenvalue weighted by Gasteiger charge is -2.10. The van der Waals surface area contributed by atoms with Crippen LogP contribution in [0.2, 0.25) is 0 Å². The second-order valence-corrected chi connectivity index (χ2v) is 1.45. The summed E-state index contributed by atoms with van der Waals surface area (Å²) in [7, 11) is 13.9. The van der Waals surface area contributed by atoms with Gasteiger partial charge >= 0.3 is 0 Å². The van der Waals surface area contributed by atoms with Crippen molar-refractivity contribution in [2.24, 2.45) is 0 Å².